The molecule has 0 aromatic carbocycles. The Hall–Kier alpha value is -0.770. The van der Waals surface area contributed by atoms with Crippen molar-refractivity contribution < 1.29 is 9.53 Å². The molecule has 2 N–H and O–H groups in total. The van der Waals surface area contributed by atoms with Gasteiger partial charge in [0, 0.05) is 12.1 Å². The molecule has 2 atom stereocenters. The van der Waals surface area contributed by atoms with Crippen LogP contribution in [0.5, 0.6) is 0 Å². The van der Waals surface area contributed by atoms with Gasteiger partial charge >= 0.3 is 6.09 Å². The van der Waals surface area contributed by atoms with Crippen LogP contribution in [-0.4, -0.2) is 30.3 Å². The molecule has 4 nitrogen and oxygen atoms in total. The Labute approximate surface area is 129 Å². The summed E-state index contributed by atoms with van der Waals surface area (Å²) < 4.78 is 5.34. The Balaban J connectivity index is 1.61. The highest BCUT2D eigenvalue weighted by molar-refractivity contribution is 5.68. The van der Waals surface area contributed by atoms with Crippen LogP contribution in [0.4, 0.5) is 4.79 Å². The van der Waals surface area contributed by atoms with Crippen molar-refractivity contribution in [3.63, 3.8) is 0 Å². The van der Waals surface area contributed by atoms with E-state index in [1.165, 1.54) is 38.5 Å². The van der Waals surface area contributed by atoms with E-state index in [2.05, 4.69) is 10.6 Å². The van der Waals surface area contributed by atoms with E-state index in [1.807, 2.05) is 20.8 Å². The van der Waals surface area contributed by atoms with Gasteiger partial charge in [-0.1, -0.05) is 12.8 Å². The zero-order valence-corrected chi connectivity index (χ0v) is 13.9. The number of ether oxygens (including phenoxy) is 1. The molecule has 4 heteroatoms. The van der Waals surface area contributed by atoms with Gasteiger partial charge in [0.25, 0.3) is 0 Å². The fourth-order valence-corrected chi connectivity index (χ4v) is 3.08. The third-order valence-corrected chi connectivity index (χ3v) is 4.31. The Bertz CT molecular complexity index is 334. The van der Waals surface area contributed by atoms with Gasteiger partial charge in [0.2, 0.25) is 0 Å². The van der Waals surface area contributed by atoms with Gasteiger partial charge < -0.3 is 15.4 Å². The first kappa shape index (κ1) is 16.6. The molecule has 0 spiro atoms. The van der Waals surface area contributed by atoms with Gasteiger partial charge in [0.1, 0.15) is 5.60 Å². The SMILES string of the molecule is CC(C)(C)OC(=O)NC1CCCC(NCCCC2CC2)C1. The van der Waals surface area contributed by atoms with Crippen molar-refractivity contribution >= 4 is 6.09 Å². The number of alkyl carbamates (subject to hydrolysis) is 1. The second kappa shape index (κ2) is 7.48. The van der Waals surface area contributed by atoms with Gasteiger partial charge in [-0.25, -0.2) is 4.79 Å². The summed E-state index contributed by atoms with van der Waals surface area (Å²) in [5, 5.41) is 6.69. The highest BCUT2D eigenvalue weighted by Gasteiger charge is 2.25. The van der Waals surface area contributed by atoms with Crippen LogP contribution in [-0.2, 0) is 4.74 Å². The van der Waals surface area contributed by atoms with Crippen LogP contribution in [0, 0.1) is 5.92 Å². The summed E-state index contributed by atoms with van der Waals surface area (Å²) in [5.41, 5.74) is -0.417. The number of carbonyl (C=O) groups excluding carboxylic acids is 1. The fraction of sp³-hybridized carbons (Fsp3) is 0.941. The number of hydrogen-bond donors (Lipinski definition) is 2. The highest BCUT2D eigenvalue weighted by atomic mass is 16.6. The molecule has 2 aliphatic rings. The maximum absolute atomic E-state index is 11.8. The number of rotatable bonds is 6. The van der Waals surface area contributed by atoms with Crippen LogP contribution in [0.3, 0.4) is 0 Å². The molecule has 2 fully saturated rings. The molecular weight excluding hydrogens is 264 g/mol. The zero-order chi connectivity index (χ0) is 15.3. The van der Waals surface area contributed by atoms with E-state index < -0.39 is 5.60 Å². The van der Waals surface area contributed by atoms with Crippen molar-refractivity contribution in [3.8, 4) is 0 Å². The first-order valence-corrected chi connectivity index (χ1v) is 8.65. The van der Waals surface area contributed by atoms with Crippen molar-refractivity contribution in [1.82, 2.24) is 10.6 Å². The van der Waals surface area contributed by atoms with Crippen molar-refractivity contribution in [2.75, 3.05) is 6.54 Å². The van der Waals surface area contributed by atoms with Gasteiger partial charge in [-0.3, -0.25) is 0 Å². The normalized spacial score (nSPS) is 26.4. The van der Waals surface area contributed by atoms with E-state index in [0.717, 1.165) is 25.3 Å². The third-order valence-electron chi connectivity index (χ3n) is 4.31. The van der Waals surface area contributed by atoms with E-state index in [-0.39, 0.29) is 12.1 Å². The summed E-state index contributed by atoms with van der Waals surface area (Å²) in [6, 6.07) is 0.812. The quantitative estimate of drug-likeness (QED) is 0.736. The molecule has 2 unspecified atom stereocenters. The molecular formula is C17H32N2O2. The molecule has 0 bridgehead atoms. The standard InChI is InChI=1S/C17H32N2O2/c1-17(2,3)21-16(20)19-15-8-4-7-14(12-15)18-11-5-6-13-9-10-13/h13-15,18H,4-12H2,1-3H3,(H,19,20). The molecule has 0 aromatic rings. The number of carbonyl (C=O) groups is 1. The predicted molar refractivity (Wildman–Crippen MR) is 85.4 cm³/mol. The lowest BCUT2D eigenvalue weighted by atomic mass is 9.91. The summed E-state index contributed by atoms with van der Waals surface area (Å²) in [7, 11) is 0. The summed E-state index contributed by atoms with van der Waals surface area (Å²) in [5.74, 6) is 1.03. The molecule has 0 saturated heterocycles. The first-order chi connectivity index (χ1) is 9.92. The highest BCUT2D eigenvalue weighted by Crippen LogP contribution is 2.33. The molecule has 2 aliphatic carbocycles. The molecule has 21 heavy (non-hydrogen) atoms. The lowest BCUT2D eigenvalue weighted by Crippen LogP contribution is -2.45. The van der Waals surface area contributed by atoms with Gasteiger partial charge in [0.15, 0.2) is 0 Å². The van der Waals surface area contributed by atoms with Crippen molar-refractivity contribution in [1.29, 1.82) is 0 Å². The van der Waals surface area contributed by atoms with E-state index in [0.29, 0.717) is 6.04 Å². The van der Waals surface area contributed by atoms with E-state index in [1.54, 1.807) is 0 Å². The Morgan fingerprint density at radius 1 is 1.14 bits per heavy atom. The van der Waals surface area contributed by atoms with Gasteiger partial charge in [-0.05, 0) is 71.8 Å². The van der Waals surface area contributed by atoms with E-state index >= 15 is 0 Å². The molecule has 2 rings (SSSR count). The lowest BCUT2D eigenvalue weighted by molar-refractivity contribution is 0.0488. The largest absolute Gasteiger partial charge is 0.444 e. The van der Waals surface area contributed by atoms with E-state index in [4.69, 9.17) is 4.74 Å². The Kier molecular flexibility index (Phi) is 5.91. The second-order valence-electron chi connectivity index (χ2n) is 7.75. The molecule has 0 heterocycles. The topological polar surface area (TPSA) is 50.4 Å². The summed E-state index contributed by atoms with van der Waals surface area (Å²) in [4.78, 5) is 11.8. The number of hydrogen-bond acceptors (Lipinski definition) is 3. The molecule has 122 valence electrons. The maximum Gasteiger partial charge on any atom is 0.407 e. The Morgan fingerprint density at radius 3 is 2.52 bits per heavy atom. The number of amides is 1. The van der Waals surface area contributed by atoms with Gasteiger partial charge in [-0.2, -0.15) is 0 Å². The van der Waals surface area contributed by atoms with Crippen LogP contribution in [0.1, 0.15) is 72.1 Å². The van der Waals surface area contributed by atoms with Crippen molar-refractivity contribution in [3.05, 3.63) is 0 Å². The van der Waals surface area contributed by atoms with Crippen LogP contribution in [0.15, 0.2) is 0 Å². The van der Waals surface area contributed by atoms with Crippen LogP contribution in [0.2, 0.25) is 0 Å². The molecule has 0 aliphatic heterocycles. The van der Waals surface area contributed by atoms with Crippen LogP contribution in [0.25, 0.3) is 0 Å². The number of nitrogens with one attached hydrogen (secondary N) is 2. The summed E-state index contributed by atoms with van der Waals surface area (Å²) in [6.45, 7) is 6.83. The average Bonchev–Trinajstić information content (AvgIpc) is 3.16. The third kappa shape index (κ3) is 7.16. The molecule has 1 amide bonds. The predicted octanol–water partition coefficient (Wildman–Crippen LogP) is 3.60. The molecule has 0 aromatic heterocycles. The smallest absolute Gasteiger partial charge is 0.407 e. The second-order valence-corrected chi connectivity index (χ2v) is 7.75. The van der Waals surface area contributed by atoms with Crippen LogP contribution < -0.4 is 10.6 Å². The maximum atomic E-state index is 11.8. The van der Waals surface area contributed by atoms with Gasteiger partial charge in [-0.15, -0.1) is 0 Å². The van der Waals surface area contributed by atoms with Crippen LogP contribution >= 0.6 is 0 Å². The minimum atomic E-state index is -0.417. The molecule has 2 saturated carbocycles. The van der Waals surface area contributed by atoms with Crippen molar-refractivity contribution in [2.24, 2.45) is 5.92 Å². The molecule has 0 radical (unpaired) electrons. The first-order valence-electron chi connectivity index (χ1n) is 8.65. The summed E-state index contributed by atoms with van der Waals surface area (Å²) >= 11 is 0. The minimum Gasteiger partial charge on any atom is -0.444 e. The Morgan fingerprint density at radius 2 is 1.86 bits per heavy atom. The minimum absolute atomic E-state index is 0.259. The average molecular weight is 296 g/mol. The van der Waals surface area contributed by atoms with Gasteiger partial charge in [0.05, 0.1) is 0 Å². The fourth-order valence-electron chi connectivity index (χ4n) is 3.08. The van der Waals surface area contributed by atoms with E-state index in [9.17, 15) is 4.79 Å². The lowest BCUT2D eigenvalue weighted by Gasteiger charge is -2.31. The zero-order valence-electron chi connectivity index (χ0n) is 13.9. The summed E-state index contributed by atoms with van der Waals surface area (Å²) in [6.07, 6.45) is 9.82. The van der Waals surface area contributed by atoms with Crippen molar-refractivity contribution in [2.45, 2.75) is 89.8 Å². The monoisotopic (exact) mass is 296 g/mol.